The van der Waals surface area contributed by atoms with Crippen molar-refractivity contribution in [3.05, 3.63) is 46.2 Å². The van der Waals surface area contributed by atoms with Gasteiger partial charge in [-0.2, -0.15) is 0 Å². The number of para-hydroxylation sites is 1. The van der Waals surface area contributed by atoms with Gasteiger partial charge in [-0.15, -0.1) is 0 Å². The van der Waals surface area contributed by atoms with Gasteiger partial charge in [0.15, 0.2) is 11.7 Å². The van der Waals surface area contributed by atoms with Gasteiger partial charge in [0.25, 0.3) is 0 Å². The number of rotatable bonds is 1. The van der Waals surface area contributed by atoms with Gasteiger partial charge in [0, 0.05) is 17.0 Å². The van der Waals surface area contributed by atoms with Crippen LogP contribution in [0.15, 0.2) is 35.1 Å². The first-order chi connectivity index (χ1) is 6.31. The van der Waals surface area contributed by atoms with E-state index >= 15 is 0 Å². The lowest BCUT2D eigenvalue weighted by atomic mass is 10.2. The fraction of sp³-hybridized carbons (Fsp3) is 0. The molecule has 3 nitrogen and oxygen atoms in total. The normalized spacial score (nSPS) is 10.2. The zero-order valence-corrected chi connectivity index (χ0v) is 6.78. The van der Waals surface area contributed by atoms with Crippen molar-refractivity contribution < 1.29 is 4.79 Å². The monoisotopic (exact) mass is 173 g/mol. The van der Waals surface area contributed by atoms with E-state index < -0.39 is 0 Å². The highest BCUT2D eigenvalue weighted by molar-refractivity contribution is 5.83. The minimum atomic E-state index is -0.128. The van der Waals surface area contributed by atoms with Crippen LogP contribution in [0.3, 0.4) is 0 Å². The number of carbonyl (C=O) groups excluding carboxylic acids is 1. The van der Waals surface area contributed by atoms with Crippen molar-refractivity contribution in [3.63, 3.8) is 0 Å². The van der Waals surface area contributed by atoms with Crippen LogP contribution in [0, 0.1) is 0 Å². The smallest absolute Gasteiger partial charge is 0.190 e. The molecule has 1 N–H and O–H groups in total. The number of pyridine rings is 1. The summed E-state index contributed by atoms with van der Waals surface area (Å²) in [7, 11) is 0. The molecular weight excluding hydrogens is 166 g/mol. The quantitative estimate of drug-likeness (QED) is 0.661. The number of H-pyrrole nitrogens is 1. The number of aromatic amines is 1. The van der Waals surface area contributed by atoms with E-state index in [0.29, 0.717) is 22.9 Å². The molecule has 0 amide bonds. The topological polar surface area (TPSA) is 49.9 Å². The zero-order chi connectivity index (χ0) is 9.26. The van der Waals surface area contributed by atoms with E-state index in [0.717, 1.165) is 0 Å². The SMILES string of the molecule is O=Cc1cc(=O)c2ccccc2[nH]1. The van der Waals surface area contributed by atoms with E-state index in [9.17, 15) is 9.59 Å². The van der Waals surface area contributed by atoms with E-state index in [1.165, 1.54) is 6.07 Å². The Labute approximate surface area is 74.0 Å². The average molecular weight is 173 g/mol. The Morgan fingerprint density at radius 1 is 1.23 bits per heavy atom. The van der Waals surface area contributed by atoms with Gasteiger partial charge in [-0.1, -0.05) is 12.1 Å². The van der Waals surface area contributed by atoms with Crippen molar-refractivity contribution >= 4 is 17.2 Å². The minimum absolute atomic E-state index is 0.128. The van der Waals surface area contributed by atoms with Crippen LogP contribution in [0.4, 0.5) is 0 Å². The molecule has 2 aromatic rings. The van der Waals surface area contributed by atoms with Gasteiger partial charge in [0.05, 0.1) is 5.69 Å². The first kappa shape index (κ1) is 7.73. The predicted octanol–water partition coefficient (Wildman–Crippen LogP) is 1.34. The van der Waals surface area contributed by atoms with Crippen LogP contribution in [0.25, 0.3) is 10.9 Å². The first-order valence-electron chi connectivity index (χ1n) is 3.88. The summed E-state index contributed by atoms with van der Waals surface area (Å²) in [6, 6.07) is 8.40. The standard InChI is InChI=1S/C10H7NO2/c12-6-7-5-10(13)8-3-1-2-4-9(8)11-7/h1-6H,(H,11,13). The van der Waals surface area contributed by atoms with Gasteiger partial charge in [-0.05, 0) is 12.1 Å². The Hall–Kier alpha value is -1.90. The Bertz CT molecular complexity index is 514. The largest absolute Gasteiger partial charge is 0.352 e. The van der Waals surface area contributed by atoms with Gasteiger partial charge in [-0.3, -0.25) is 9.59 Å². The third kappa shape index (κ3) is 1.24. The van der Waals surface area contributed by atoms with Crippen LogP contribution in [-0.2, 0) is 0 Å². The van der Waals surface area contributed by atoms with Gasteiger partial charge in [-0.25, -0.2) is 0 Å². The Kier molecular flexibility index (Phi) is 1.70. The second-order valence-corrected chi connectivity index (χ2v) is 2.75. The molecule has 13 heavy (non-hydrogen) atoms. The summed E-state index contributed by atoms with van der Waals surface area (Å²) < 4.78 is 0. The van der Waals surface area contributed by atoms with Crippen molar-refractivity contribution in [3.8, 4) is 0 Å². The summed E-state index contributed by atoms with van der Waals surface area (Å²) in [5.41, 5.74) is 0.872. The Balaban J connectivity index is 2.92. The molecule has 0 aliphatic carbocycles. The van der Waals surface area contributed by atoms with Crippen molar-refractivity contribution in [1.82, 2.24) is 4.98 Å². The second kappa shape index (κ2) is 2.86. The van der Waals surface area contributed by atoms with E-state index in [4.69, 9.17) is 0 Å². The highest BCUT2D eigenvalue weighted by atomic mass is 16.1. The fourth-order valence-electron chi connectivity index (χ4n) is 1.28. The number of nitrogens with one attached hydrogen (secondary N) is 1. The Morgan fingerprint density at radius 2 is 2.00 bits per heavy atom. The molecular formula is C10H7NO2. The first-order valence-corrected chi connectivity index (χ1v) is 3.88. The molecule has 0 fully saturated rings. The number of aromatic nitrogens is 1. The molecule has 0 atom stereocenters. The lowest BCUT2D eigenvalue weighted by Gasteiger charge is -1.96. The molecule has 1 heterocycles. The maximum atomic E-state index is 11.4. The molecule has 0 bridgehead atoms. The van der Waals surface area contributed by atoms with Crippen LogP contribution >= 0.6 is 0 Å². The maximum Gasteiger partial charge on any atom is 0.190 e. The molecule has 0 saturated carbocycles. The molecule has 2 rings (SSSR count). The van der Waals surface area contributed by atoms with Crippen molar-refractivity contribution in [2.45, 2.75) is 0 Å². The minimum Gasteiger partial charge on any atom is -0.352 e. The zero-order valence-electron chi connectivity index (χ0n) is 6.78. The molecule has 0 spiro atoms. The third-order valence-corrected chi connectivity index (χ3v) is 1.89. The second-order valence-electron chi connectivity index (χ2n) is 2.75. The third-order valence-electron chi connectivity index (χ3n) is 1.89. The number of hydrogen-bond acceptors (Lipinski definition) is 2. The summed E-state index contributed by atoms with van der Waals surface area (Å²) in [5, 5.41) is 0.605. The highest BCUT2D eigenvalue weighted by Crippen LogP contribution is 2.05. The molecule has 0 aliphatic rings. The molecule has 0 radical (unpaired) electrons. The van der Waals surface area contributed by atoms with Crippen LogP contribution in [0.2, 0.25) is 0 Å². The summed E-state index contributed by atoms with van der Waals surface area (Å²) >= 11 is 0. The number of carbonyl (C=O) groups is 1. The number of fused-ring (bicyclic) bond motifs is 1. The molecule has 3 heteroatoms. The van der Waals surface area contributed by atoms with Gasteiger partial charge in [0.1, 0.15) is 0 Å². The highest BCUT2D eigenvalue weighted by Gasteiger charge is 1.98. The van der Waals surface area contributed by atoms with Crippen LogP contribution in [0.1, 0.15) is 10.5 Å². The molecule has 0 saturated heterocycles. The molecule has 0 unspecified atom stereocenters. The van der Waals surface area contributed by atoms with Crippen LogP contribution in [-0.4, -0.2) is 11.3 Å². The predicted molar refractivity (Wildman–Crippen MR) is 50.0 cm³/mol. The average Bonchev–Trinajstić information content (AvgIpc) is 2.18. The Morgan fingerprint density at radius 3 is 2.77 bits per heavy atom. The summed E-state index contributed by atoms with van der Waals surface area (Å²) in [4.78, 5) is 24.7. The molecule has 1 aromatic heterocycles. The van der Waals surface area contributed by atoms with Crippen LogP contribution < -0.4 is 5.43 Å². The fourth-order valence-corrected chi connectivity index (χ4v) is 1.28. The van der Waals surface area contributed by atoms with Gasteiger partial charge in [0.2, 0.25) is 0 Å². The molecule has 1 aromatic carbocycles. The van der Waals surface area contributed by atoms with E-state index in [1.807, 2.05) is 6.07 Å². The lowest BCUT2D eigenvalue weighted by molar-refractivity contribution is 0.111. The van der Waals surface area contributed by atoms with Crippen molar-refractivity contribution in [2.75, 3.05) is 0 Å². The van der Waals surface area contributed by atoms with E-state index in [-0.39, 0.29) is 5.43 Å². The summed E-state index contributed by atoms with van der Waals surface area (Å²) in [5.74, 6) is 0. The summed E-state index contributed by atoms with van der Waals surface area (Å²) in [6.07, 6.45) is 0.633. The number of aldehydes is 1. The lowest BCUT2D eigenvalue weighted by Crippen LogP contribution is -2.03. The van der Waals surface area contributed by atoms with Crippen LogP contribution in [0.5, 0.6) is 0 Å². The molecule has 64 valence electrons. The number of hydrogen-bond donors (Lipinski definition) is 1. The van der Waals surface area contributed by atoms with Crippen molar-refractivity contribution in [1.29, 1.82) is 0 Å². The van der Waals surface area contributed by atoms with E-state index in [1.54, 1.807) is 18.2 Å². The number of benzene rings is 1. The van der Waals surface area contributed by atoms with Crippen molar-refractivity contribution in [2.24, 2.45) is 0 Å². The maximum absolute atomic E-state index is 11.4. The van der Waals surface area contributed by atoms with Gasteiger partial charge < -0.3 is 4.98 Å². The van der Waals surface area contributed by atoms with E-state index in [2.05, 4.69) is 4.98 Å². The summed E-state index contributed by atoms with van der Waals surface area (Å²) in [6.45, 7) is 0. The van der Waals surface area contributed by atoms with Gasteiger partial charge >= 0.3 is 0 Å². The molecule has 0 aliphatic heterocycles.